The number of aromatic nitrogens is 2. The Balaban J connectivity index is 2.18. The molecule has 5 nitrogen and oxygen atoms in total. The fourth-order valence-corrected chi connectivity index (χ4v) is 1.06. The van der Waals surface area contributed by atoms with Crippen molar-refractivity contribution in [2.45, 2.75) is 25.3 Å². The van der Waals surface area contributed by atoms with Crippen molar-refractivity contribution in [3.63, 3.8) is 0 Å². The Morgan fingerprint density at radius 3 is 2.85 bits per heavy atom. The van der Waals surface area contributed by atoms with E-state index in [9.17, 15) is 0 Å². The largest absolute Gasteiger partial charge is 0.342 e. The van der Waals surface area contributed by atoms with E-state index in [1.54, 1.807) is 0 Å². The van der Waals surface area contributed by atoms with Crippen molar-refractivity contribution < 1.29 is 4.52 Å². The molecule has 0 unspecified atom stereocenters. The van der Waals surface area contributed by atoms with Crippen molar-refractivity contribution in [2.75, 3.05) is 18.5 Å². The summed E-state index contributed by atoms with van der Waals surface area (Å²) >= 11 is 0. The SMILES string of the molecule is CCN(C)c1noc(C2(N)CC2)n1. The van der Waals surface area contributed by atoms with E-state index < -0.39 is 0 Å². The summed E-state index contributed by atoms with van der Waals surface area (Å²) in [5, 5.41) is 3.85. The van der Waals surface area contributed by atoms with Crippen LogP contribution in [-0.2, 0) is 5.54 Å². The lowest BCUT2D eigenvalue weighted by Gasteiger charge is -2.08. The zero-order chi connectivity index (χ0) is 9.47. The van der Waals surface area contributed by atoms with Gasteiger partial charge in [-0.3, -0.25) is 0 Å². The Bertz CT molecular complexity index is 305. The van der Waals surface area contributed by atoms with Gasteiger partial charge in [0.05, 0.1) is 5.54 Å². The van der Waals surface area contributed by atoms with Gasteiger partial charge in [0.2, 0.25) is 5.89 Å². The molecule has 1 heterocycles. The molecule has 1 fully saturated rings. The average Bonchev–Trinajstić information content (AvgIpc) is 2.72. The Labute approximate surface area is 76.9 Å². The van der Waals surface area contributed by atoms with E-state index in [0.717, 1.165) is 19.4 Å². The standard InChI is InChI=1S/C8H14N4O/c1-3-12(2)7-10-6(13-11-7)8(9)4-5-8/h3-5,9H2,1-2H3. The zero-order valence-electron chi connectivity index (χ0n) is 7.95. The van der Waals surface area contributed by atoms with Crippen molar-refractivity contribution in [1.29, 1.82) is 0 Å². The molecule has 1 aromatic rings. The monoisotopic (exact) mass is 182 g/mol. The normalized spacial score (nSPS) is 18.7. The fourth-order valence-electron chi connectivity index (χ4n) is 1.06. The second-order valence-corrected chi connectivity index (χ2v) is 3.57. The molecule has 72 valence electrons. The zero-order valence-corrected chi connectivity index (χ0v) is 7.95. The molecular weight excluding hydrogens is 168 g/mol. The van der Waals surface area contributed by atoms with E-state index >= 15 is 0 Å². The number of anilines is 1. The maximum absolute atomic E-state index is 5.91. The Morgan fingerprint density at radius 1 is 1.62 bits per heavy atom. The number of rotatable bonds is 3. The van der Waals surface area contributed by atoms with Crippen LogP contribution >= 0.6 is 0 Å². The van der Waals surface area contributed by atoms with Gasteiger partial charge in [0.15, 0.2) is 0 Å². The molecule has 13 heavy (non-hydrogen) atoms. The number of nitrogens with two attached hydrogens (primary N) is 1. The molecule has 0 radical (unpaired) electrons. The molecule has 5 heteroatoms. The summed E-state index contributed by atoms with van der Waals surface area (Å²) in [4.78, 5) is 6.15. The molecular formula is C8H14N4O. The van der Waals surface area contributed by atoms with Crippen LogP contribution in [0.3, 0.4) is 0 Å². The molecule has 0 atom stereocenters. The molecule has 0 bridgehead atoms. The maximum atomic E-state index is 5.91. The summed E-state index contributed by atoms with van der Waals surface area (Å²) in [5.74, 6) is 1.19. The van der Waals surface area contributed by atoms with Crippen LogP contribution in [0.1, 0.15) is 25.7 Å². The van der Waals surface area contributed by atoms with Gasteiger partial charge in [0.25, 0.3) is 5.95 Å². The highest BCUT2D eigenvalue weighted by molar-refractivity contribution is 5.27. The minimum absolute atomic E-state index is 0.320. The molecule has 1 aromatic heterocycles. The predicted octanol–water partition coefficient (Wildman–Crippen LogP) is 0.473. The van der Waals surface area contributed by atoms with E-state index in [4.69, 9.17) is 10.3 Å². The second kappa shape index (κ2) is 2.70. The van der Waals surface area contributed by atoms with Gasteiger partial charge < -0.3 is 15.2 Å². The van der Waals surface area contributed by atoms with Gasteiger partial charge in [-0.1, -0.05) is 0 Å². The minimum atomic E-state index is -0.320. The van der Waals surface area contributed by atoms with Crippen LogP contribution in [0.2, 0.25) is 0 Å². The highest BCUT2D eigenvalue weighted by Gasteiger charge is 2.45. The van der Waals surface area contributed by atoms with Crippen molar-refractivity contribution in [1.82, 2.24) is 10.1 Å². The Morgan fingerprint density at radius 2 is 2.31 bits per heavy atom. The third-order valence-electron chi connectivity index (χ3n) is 2.45. The molecule has 0 saturated heterocycles. The van der Waals surface area contributed by atoms with Crippen LogP contribution in [0, 0.1) is 0 Å². The Hall–Kier alpha value is -1.10. The third-order valence-corrected chi connectivity index (χ3v) is 2.45. The van der Waals surface area contributed by atoms with Crippen molar-refractivity contribution in [2.24, 2.45) is 5.73 Å². The highest BCUT2D eigenvalue weighted by Crippen LogP contribution is 2.41. The average molecular weight is 182 g/mol. The number of hydrogen-bond acceptors (Lipinski definition) is 5. The first-order chi connectivity index (χ1) is 6.15. The van der Waals surface area contributed by atoms with E-state index in [2.05, 4.69) is 10.1 Å². The smallest absolute Gasteiger partial charge is 0.265 e. The van der Waals surface area contributed by atoms with Gasteiger partial charge in [-0.05, 0) is 24.9 Å². The lowest BCUT2D eigenvalue weighted by Crippen LogP contribution is -2.20. The fraction of sp³-hybridized carbons (Fsp3) is 0.750. The predicted molar refractivity (Wildman–Crippen MR) is 48.3 cm³/mol. The molecule has 0 aliphatic heterocycles. The lowest BCUT2D eigenvalue weighted by atomic mass is 10.3. The van der Waals surface area contributed by atoms with E-state index in [0.29, 0.717) is 11.8 Å². The molecule has 0 spiro atoms. The lowest BCUT2D eigenvalue weighted by molar-refractivity contribution is 0.347. The van der Waals surface area contributed by atoms with E-state index in [1.165, 1.54) is 0 Å². The molecule has 0 aromatic carbocycles. The first kappa shape index (κ1) is 8.50. The van der Waals surface area contributed by atoms with Crippen LogP contribution in [0.5, 0.6) is 0 Å². The quantitative estimate of drug-likeness (QED) is 0.736. The number of hydrogen-bond donors (Lipinski definition) is 1. The van der Waals surface area contributed by atoms with Gasteiger partial charge in [-0.25, -0.2) is 0 Å². The van der Waals surface area contributed by atoms with Crippen LogP contribution in [-0.4, -0.2) is 23.7 Å². The van der Waals surface area contributed by atoms with Gasteiger partial charge in [-0.15, -0.1) is 0 Å². The van der Waals surface area contributed by atoms with Crippen molar-refractivity contribution in [3.8, 4) is 0 Å². The first-order valence-corrected chi connectivity index (χ1v) is 4.50. The minimum Gasteiger partial charge on any atom is -0.342 e. The van der Waals surface area contributed by atoms with Crippen LogP contribution in [0.15, 0.2) is 4.52 Å². The molecule has 1 aliphatic carbocycles. The summed E-state index contributed by atoms with van der Waals surface area (Å²) in [6.45, 7) is 2.89. The molecule has 1 saturated carbocycles. The van der Waals surface area contributed by atoms with Gasteiger partial charge in [0, 0.05) is 13.6 Å². The van der Waals surface area contributed by atoms with Crippen LogP contribution in [0.25, 0.3) is 0 Å². The summed E-state index contributed by atoms with van der Waals surface area (Å²) in [5.41, 5.74) is 5.59. The highest BCUT2D eigenvalue weighted by atomic mass is 16.5. The van der Waals surface area contributed by atoms with Gasteiger partial charge in [-0.2, -0.15) is 4.98 Å². The third kappa shape index (κ3) is 1.39. The summed E-state index contributed by atoms with van der Waals surface area (Å²) < 4.78 is 5.09. The first-order valence-electron chi connectivity index (χ1n) is 4.50. The van der Waals surface area contributed by atoms with Gasteiger partial charge in [0.1, 0.15) is 0 Å². The second-order valence-electron chi connectivity index (χ2n) is 3.57. The summed E-state index contributed by atoms with van der Waals surface area (Å²) in [6.07, 6.45) is 1.90. The molecule has 0 amide bonds. The Kier molecular flexibility index (Phi) is 1.76. The van der Waals surface area contributed by atoms with Crippen molar-refractivity contribution >= 4 is 5.95 Å². The van der Waals surface area contributed by atoms with E-state index in [1.807, 2.05) is 18.9 Å². The molecule has 2 rings (SSSR count). The topological polar surface area (TPSA) is 68.2 Å². The molecule has 2 N–H and O–H groups in total. The number of nitrogens with zero attached hydrogens (tertiary/aromatic N) is 3. The van der Waals surface area contributed by atoms with Gasteiger partial charge >= 0.3 is 0 Å². The van der Waals surface area contributed by atoms with Crippen LogP contribution in [0.4, 0.5) is 5.95 Å². The summed E-state index contributed by atoms with van der Waals surface area (Å²) in [6, 6.07) is 0. The van der Waals surface area contributed by atoms with Crippen molar-refractivity contribution in [3.05, 3.63) is 5.89 Å². The maximum Gasteiger partial charge on any atom is 0.265 e. The molecule has 1 aliphatic rings. The van der Waals surface area contributed by atoms with Crippen LogP contribution < -0.4 is 10.6 Å². The summed E-state index contributed by atoms with van der Waals surface area (Å²) in [7, 11) is 1.92. The van der Waals surface area contributed by atoms with E-state index in [-0.39, 0.29) is 5.54 Å².